The Morgan fingerprint density at radius 3 is 2.39 bits per heavy atom. The average Bonchev–Trinajstić information content (AvgIpc) is 3.22. The Balaban J connectivity index is 2.10. The lowest BCUT2D eigenvalue weighted by Crippen LogP contribution is -2.38. The van der Waals surface area contributed by atoms with Gasteiger partial charge in [-0.2, -0.15) is 13.2 Å². The highest BCUT2D eigenvalue weighted by Gasteiger charge is 2.34. The molecule has 1 aromatic heterocycles. The average molecular weight is 461 g/mol. The van der Waals surface area contributed by atoms with Crippen LogP contribution < -0.4 is 10.5 Å². The summed E-state index contributed by atoms with van der Waals surface area (Å²) in [5.74, 6) is -0.612. The summed E-state index contributed by atoms with van der Waals surface area (Å²) in [5.41, 5.74) is 5.22. The quantitative estimate of drug-likeness (QED) is 0.348. The van der Waals surface area contributed by atoms with Crippen LogP contribution in [0.15, 0.2) is 42.5 Å². The third-order valence-electron chi connectivity index (χ3n) is 5.44. The summed E-state index contributed by atoms with van der Waals surface area (Å²) < 4.78 is 47.0. The van der Waals surface area contributed by atoms with E-state index in [-0.39, 0.29) is 22.3 Å². The lowest BCUT2D eigenvalue weighted by molar-refractivity contribution is -0.136. The molecule has 0 aliphatic heterocycles. The minimum atomic E-state index is -4.63. The molecule has 7 nitrogen and oxygen atoms in total. The molecule has 0 saturated heterocycles. The summed E-state index contributed by atoms with van der Waals surface area (Å²) in [7, 11) is 1.27. The van der Waals surface area contributed by atoms with Crippen molar-refractivity contribution >= 4 is 22.8 Å². The van der Waals surface area contributed by atoms with Crippen LogP contribution in [0.1, 0.15) is 35.5 Å². The SMILES string of the molecule is CCN(CC)Cc1ccccc1Oc1ccc(C(F)(F)F)c2cc(C(=O)N(C)C(=N)N)[nH]c12. The van der Waals surface area contributed by atoms with E-state index in [4.69, 9.17) is 15.9 Å². The molecule has 1 heterocycles. The first-order chi connectivity index (χ1) is 15.6. The lowest BCUT2D eigenvalue weighted by atomic mass is 10.1. The van der Waals surface area contributed by atoms with Gasteiger partial charge >= 0.3 is 6.18 Å². The topological polar surface area (TPSA) is 98.4 Å². The molecule has 0 unspecified atom stereocenters. The van der Waals surface area contributed by atoms with Crippen LogP contribution in [-0.2, 0) is 12.7 Å². The molecule has 33 heavy (non-hydrogen) atoms. The largest absolute Gasteiger partial charge is 0.455 e. The molecule has 1 amide bonds. The summed E-state index contributed by atoms with van der Waals surface area (Å²) in [6.45, 7) is 6.37. The number of para-hydroxylation sites is 1. The Bertz CT molecular complexity index is 1170. The number of guanidine groups is 1. The van der Waals surface area contributed by atoms with Gasteiger partial charge in [-0.25, -0.2) is 0 Å². The summed E-state index contributed by atoms with van der Waals surface area (Å²) in [6.07, 6.45) is -4.63. The molecule has 0 radical (unpaired) electrons. The van der Waals surface area contributed by atoms with E-state index in [2.05, 4.69) is 9.88 Å². The number of fused-ring (bicyclic) bond motifs is 1. The molecule has 0 atom stereocenters. The summed E-state index contributed by atoms with van der Waals surface area (Å²) in [6, 6.07) is 10.6. The van der Waals surface area contributed by atoms with Gasteiger partial charge in [0.2, 0.25) is 0 Å². The molecule has 0 bridgehead atoms. The van der Waals surface area contributed by atoms with Gasteiger partial charge < -0.3 is 15.5 Å². The number of halogens is 3. The lowest BCUT2D eigenvalue weighted by Gasteiger charge is -2.20. The first kappa shape index (κ1) is 24.1. The monoisotopic (exact) mass is 461 g/mol. The molecule has 3 aromatic rings. The molecule has 0 fully saturated rings. The second-order valence-corrected chi connectivity index (χ2v) is 7.50. The van der Waals surface area contributed by atoms with Gasteiger partial charge in [0.15, 0.2) is 11.7 Å². The molecular weight excluding hydrogens is 435 g/mol. The van der Waals surface area contributed by atoms with Gasteiger partial charge in [0, 0.05) is 24.5 Å². The summed E-state index contributed by atoms with van der Waals surface area (Å²) >= 11 is 0. The van der Waals surface area contributed by atoms with E-state index in [0.717, 1.165) is 35.7 Å². The van der Waals surface area contributed by atoms with Gasteiger partial charge in [-0.15, -0.1) is 0 Å². The van der Waals surface area contributed by atoms with Crippen molar-refractivity contribution in [3.05, 3.63) is 59.3 Å². The number of nitrogens with one attached hydrogen (secondary N) is 2. The number of H-pyrrole nitrogens is 1. The normalized spacial score (nSPS) is 11.7. The van der Waals surface area contributed by atoms with E-state index in [1.807, 2.05) is 26.0 Å². The number of aromatic nitrogens is 1. The Labute approximate surface area is 189 Å². The van der Waals surface area contributed by atoms with Gasteiger partial charge in [-0.05, 0) is 37.4 Å². The first-order valence-corrected chi connectivity index (χ1v) is 10.4. The van der Waals surface area contributed by atoms with Gasteiger partial charge in [-0.1, -0.05) is 32.0 Å². The number of benzene rings is 2. The molecule has 0 spiro atoms. The maximum absolute atomic E-state index is 13.6. The fourth-order valence-corrected chi connectivity index (χ4v) is 3.47. The molecule has 4 N–H and O–H groups in total. The minimum absolute atomic E-state index is 0.0303. The van der Waals surface area contributed by atoms with Crippen molar-refractivity contribution in [2.45, 2.75) is 26.6 Å². The van der Waals surface area contributed by atoms with E-state index in [9.17, 15) is 18.0 Å². The van der Waals surface area contributed by atoms with E-state index in [0.29, 0.717) is 12.3 Å². The second kappa shape index (κ2) is 9.53. The van der Waals surface area contributed by atoms with E-state index in [1.54, 1.807) is 12.1 Å². The zero-order valence-electron chi connectivity index (χ0n) is 18.6. The Hall–Kier alpha value is -3.53. The number of hydrogen-bond donors (Lipinski definition) is 3. The van der Waals surface area contributed by atoms with Crippen LogP contribution in [0.4, 0.5) is 13.2 Å². The van der Waals surface area contributed by atoms with Crippen molar-refractivity contribution < 1.29 is 22.7 Å². The zero-order chi connectivity index (χ0) is 24.3. The fourth-order valence-electron chi connectivity index (χ4n) is 3.47. The molecule has 0 saturated carbocycles. The van der Waals surface area contributed by atoms with Crippen LogP contribution in [-0.4, -0.2) is 46.8 Å². The zero-order valence-corrected chi connectivity index (χ0v) is 18.6. The predicted octanol–water partition coefficient (Wildman–Crippen LogP) is 4.79. The van der Waals surface area contributed by atoms with Crippen molar-refractivity contribution in [1.82, 2.24) is 14.8 Å². The Morgan fingerprint density at radius 1 is 1.12 bits per heavy atom. The van der Waals surface area contributed by atoms with Crippen LogP contribution in [0.25, 0.3) is 10.9 Å². The molecule has 3 rings (SSSR count). The fraction of sp³-hybridized carbons (Fsp3) is 0.304. The predicted molar refractivity (Wildman–Crippen MR) is 120 cm³/mol. The Morgan fingerprint density at radius 2 is 1.79 bits per heavy atom. The van der Waals surface area contributed by atoms with E-state index >= 15 is 0 Å². The van der Waals surface area contributed by atoms with Crippen molar-refractivity contribution in [2.75, 3.05) is 20.1 Å². The third kappa shape index (κ3) is 5.11. The maximum atomic E-state index is 13.6. The van der Waals surface area contributed by atoms with Crippen molar-refractivity contribution in [3.63, 3.8) is 0 Å². The second-order valence-electron chi connectivity index (χ2n) is 7.50. The van der Waals surface area contributed by atoms with E-state index < -0.39 is 23.6 Å². The molecule has 10 heteroatoms. The van der Waals surface area contributed by atoms with Crippen molar-refractivity contribution in [3.8, 4) is 11.5 Å². The van der Waals surface area contributed by atoms with Crippen LogP contribution in [0, 0.1) is 5.41 Å². The van der Waals surface area contributed by atoms with E-state index in [1.165, 1.54) is 13.1 Å². The number of nitrogens with zero attached hydrogens (tertiary/aromatic N) is 2. The van der Waals surface area contributed by atoms with Crippen molar-refractivity contribution in [2.24, 2.45) is 5.73 Å². The number of hydrogen-bond acceptors (Lipinski definition) is 4. The molecule has 0 aliphatic rings. The number of ether oxygens (including phenoxy) is 1. The van der Waals surface area contributed by atoms with Gasteiger partial charge in [-0.3, -0.25) is 20.0 Å². The third-order valence-corrected chi connectivity index (χ3v) is 5.44. The molecule has 176 valence electrons. The Kier molecular flexibility index (Phi) is 6.97. The number of nitrogens with two attached hydrogens (primary N) is 1. The highest BCUT2D eigenvalue weighted by atomic mass is 19.4. The highest BCUT2D eigenvalue weighted by molar-refractivity contribution is 6.06. The number of amides is 1. The van der Waals surface area contributed by atoms with Gasteiger partial charge in [0.1, 0.15) is 11.4 Å². The van der Waals surface area contributed by atoms with Crippen LogP contribution >= 0.6 is 0 Å². The summed E-state index contributed by atoms with van der Waals surface area (Å²) in [5, 5.41) is 7.21. The minimum Gasteiger partial charge on any atom is -0.455 e. The molecule has 2 aromatic carbocycles. The number of carbonyl (C=O) groups excluding carboxylic acids is 1. The highest BCUT2D eigenvalue weighted by Crippen LogP contribution is 2.40. The number of alkyl halides is 3. The molecule has 0 aliphatic carbocycles. The summed E-state index contributed by atoms with van der Waals surface area (Å²) in [4.78, 5) is 18.3. The smallest absolute Gasteiger partial charge is 0.417 e. The number of aromatic amines is 1. The van der Waals surface area contributed by atoms with Gasteiger partial charge in [0.25, 0.3) is 5.91 Å². The standard InChI is InChI=1S/C23H26F3N5O2/c1-4-31(5-2)13-14-8-6-7-9-18(14)33-19-11-10-16(23(24,25)26)15-12-17(29-20(15)19)21(32)30(3)22(27)28/h6-12,29H,4-5,13H2,1-3H3,(H3,27,28). The van der Waals surface area contributed by atoms with Gasteiger partial charge in [0.05, 0.1) is 11.1 Å². The van der Waals surface area contributed by atoms with Crippen LogP contribution in [0.2, 0.25) is 0 Å². The number of carbonyl (C=O) groups is 1. The van der Waals surface area contributed by atoms with Crippen molar-refractivity contribution in [1.29, 1.82) is 5.41 Å². The number of rotatable bonds is 7. The maximum Gasteiger partial charge on any atom is 0.417 e. The molecular formula is C23H26F3N5O2. The van der Waals surface area contributed by atoms with Crippen LogP contribution in [0.3, 0.4) is 0 Å². The van der Waals surface area contributed by atoms with Crippen LogP contribution in [0.5, 0.6) is 11.5 Å². The first-order valence-electron chi connectivity index (χ1n) is 10.4.